The molecule has 0 N–H and O–H groups in total. The van der Waals surface area contributed by atoms with Gasteiger partial charge in [0.15, 0.2) is 0 Å². The first-order chi connectivity index (χ1) is 14.3. The van der Waals surface area contributed by atoms with Crippen molar-refractivity contribution in [3.05, 3.63) is 71.3 Å². The number of carbonyl (C=O) groups is 2. The number of benzene rings is 2. The molecular weight excluding hydrogens is 376 g/mol. The van der Waals surface area contributed by atoms with Gasteiger partial charge >= 0.3 is 11.9 Å². The van der Waals surface area contributed by atoms with Crippen LogP contribution in [0.15, 0.2) is 54.6 Å². The van der Waals surface area contributed by atoms with Crippen molar-refractivity contribution in [1.29, 1.82) is 0 Å². The van der Waals surface area contributed by atoms with E-state index < -0.39 is 11.5 Å². The molecular formula is C26H32O4. The predicted molar refractivity (Wildman–Crippen MR) is 117 cm³/mol. The lowest BCUT2D eigenvalue weighted by Gasteiger charge is -2.38. The average Bonchev–Trinajstić information content (AvgIpc) is 3.16. The van der Waals surface area contributed by atoms with Crippen LogP contribution in [0.2, 0.25) is 0 Å². The van der Waals surface area contributed by atoms with Gasteiger partial charge in [-0.1, -0.05) is 68.8 Å². The molecule has 0 aliphatic heterocycles. The molecule has 3 unspecified atom stereocenters. The third-order valence-corrected chi connectivity index (χ3v) is 6.17. The van der Waals surface area contributed by atoms with Crippen LogP contribution in [0.1, 0.15) is 67.4 Å². The van der Waals surface area contributed by atoms with Crippen LogP contribution in [-0.4, -0.2) is 24.6 Å². The van der Waals surface area contributed by atoms with E-state index in [-0.39, 0.29) is 23.8 Å². The van der Waals surface area contributed by atoms with E-state index in [0.29, 0.717) is 25.0 Å². The zero-order valence-corrected chi connectivity index (χ0v) is 18.4. The fourth-order valence-corrected chi connectivity index (χ4v) is 4.37. The summed E-state index contributed by atoms with van der Waals surface area (Å²) < 4.78 is 11.7. The van der Waals surface area contributed by atoms with Gasteiger partial charge in [-0.15, -0.1) is 0 Å². The molecule has 1 aliphatic carbocycles. The topological polar surface area (TPSA) is 52.6 Å². The number of carbonyl (C=O) groups excluding carboxylic acids is 2. The number of esters is 2. The van der Waals surface area contributed by atoms with Crippen LogP contribution in [0.4, 0.5) is 0 Å². The van der Waals surface area contributed by atoms with Gasteiger partial charge in [-0.3, -0.25) is 4.79 Å². The van der Waals surface area contributed by atoms with E-state index in [1.807, 2.05) is 70.2 Å². The van der Waals surface area contributed by atoms with Gasteiger partial charge in [0.05, 0.1) is 12.2 Å². The molecule has 160 valence electrons. The van der Waals surface area contributed by atoms with Crippen molar-refractivity contribution < 1.29 is 19.1 Å². The smallest absolute Gasteiger partial charge is 0.338 e. The summed E-state index contributed by atoms with van der Waals surface area (Å²) in [5.41, 5.74) is 1.76. The molecule has 1 fully saturated rings. The van der Waals surface area contributed by atoms with E-state index in [4.69, 9.17) is 9.47 Å². The molecule has 2 aromatic rings. The molecule has 0 radical (unpaired) electrons. The Morgan fingerprint density at radius 2 is 1.70 bits per heavy atom. The molecule has 3 atom stereocenters. The summed E-state index contributed by atoms with van der Waals surface area (Å²) in [5.74, 6) is -0.528. The van der Waals surface area contributed by atoms with Crippen LogP contribution in [0.5, 0.6) is 0 Å². The lowest BCUT2D eigenvalue weighted by atomic mass is 9.70. The van der Waals surface area contributed by atoms with Crippen LogP contribution in [0, 0.1) is 18.3 Å². The maximum Gasteiger partial charge on any atom is 0.338 e. The van der Waals surface area contributed by atoms with Crippen molar-refractivity contribution in [3.63, 3.8) is 0 Å². The highest BCUT2D eigenvalue weighted by molar-refractivity contribution is 5.90. The van der Waals surface area contributed by atoms with Gasteiger partial charge in [-0.25, -0.2) is 4.79 Å². The molecule has 1 aliphatic rings. The second-order valence-corrected chi connectivity index (χ2v) is 8.82. The molecule has 4 heteroatoms. The van der Waals surface area contributed by atoms with Crippen molar-refractivity contribution in [2.45, 2.75) is 59.0 Å². The summed E-state index contributed by atoms with van der Waals surface area (Å²) in [6, 6.07) is 17.3. The molecule has 0 spiro atoms. The minimum Gasteiger partial charge on any atom is -0.465 e. The van der Waals surface area contributed by atoms with E-state index >= 15 is 0 Å². The maximum absolute atomic E-state index is 13.4. The van der Waals surface area contributed by atoms with E-state index in [1.54, 1.807) is 12.1 Å². The Kier molecular flexibility index (Phi) is 6.96. The zero-order chi connectivity index (χ0) is 21.7. The Hall–Kier alpha value is -2.62. The largest absolute Gasteiger partial charge is 0.465 e. The summed E-state index contributed by atoms with van der Waals surface area (Å²) in [5, 5.41) is 0. The van der Waals surface area contributed by atoms with Crippen molar-refractivity contribution in [2.75, 3.05) is 6.61 Å². The van der Waals surface area contributed by atoms with Crippen LogP contribution in [0.3, 0.4) is 0 Å². The minimum atomic E-state index is -0.878. The Labute approximate surface area is 179 Å². The molecule has 0 saturated heterocycles. The van der Waals surface area contributed by atoms with Gasteiger partial charge in [-0.2, -0.15) is 0 Å². The lowest BCUT2D eigenvalue weighted by Crippen LogP contribution is -2.46. The second kappa shape index (κ2) is 9.46. The second-order valence-electron chi connectivity index (χ2n) is 8.82. The van der Waals surface area contributed by atoms with Crippen molar-refractivity contribution >= 4 is 11.9 Å². The standard InChI is InChI=1S/C26H32O4/c1-18(2)17-29-25(28)26(20(4)21-9-6-5-7-10-21)16-8-11-23(26)30-24(27)22-14-12-19(3)13-15-22/h5-7,9-10,12-15,18,20,23H,8,11,16-17H2,1-4H3. The van der Waals surface area contributed by atoms with Crippen molar-refractivity contribution in [2.24, 2.45) is 11.3 Å². The number of hydrogen-bond donors (Lipinski definition) is 0. The van der Waals surface area contributed by atoms with Gasteiger partial charge in [0, 0.05) is 5.92 Å². The Bertz CT molecular complexity index is 856. The number of ether oxygens (including phenoxy) is 2. The molecule has 0 aromatic heterocycles. The molecule has 0 amide bonds. The monoisotopic (exact) mass is 408 g/mol. The van der Waals surface area contributed by atoms with E-state index in [9.17, 15) is 9.59 Å². The van der Waals surface area contributed by atoms with Gasteiger partial charge in [0.2, 0.25) is 0 Å². The van der Waals surface area contributed by atoms with Crippen LogP contribution in [0.25, 0.3) is 0 Å². The quantitative estimate of drug-likeness (QED) is 0.552. The molecule has 0 heterocycles. The first-order valence-corrected chi connectivity index (χ1v) is 10.8. The molecule has 0 bridgehead atoms. The maximum atomic E-state index is 13.4. The number of rotatable bonds is 7. The molecule has 4 nitrogen and oxygen atoms in total. The third kappa shape index (κ3) is 4.58. The first-order valence-electron chi connectivity index (χ1n) is 10.8. The molecule has 2 aromatic carbocycles. The fourth-order valence-electron chi connectivity index (χ4n) is 4.37. The van der Waals surface area contributed by atoms with Gasteiger partial charge in [0.25, 0.3) is 0 Å². The molecule has 30 heavy (non-hydrogen) atoms. The first kappa shape index (κ1) is 22.1. The predicted octanol–water partition coefficient (Wildman–Crippen LogP) is 5.69. The van der Waals surface area contributed by atoms with Crippen molar-refractivity contribution in [3.8, 4) is 0 Å². The normalized spacial score (nSPS) is 22.0. The van der Waals surface area contributed by atoms with E-state index in [1.165, 1.54) is 0 Å². The summed E-state index contributed by atoms with van der Waals surface area (Å²) >= 11 is 0. The van der Waals surface area contributed by atoms with Crippen molar-refractivity contribution in [1.82, 2.24) is 0 Å². The minimum absolute atomic E-state index is 0.128. The Morgan fingerprint density at radius 3 is 2.33 bits per heavy atom. The zero-order valence-electron chi connectivity index (χ0n) is 18.4. The Balaban J connectivity index is 1.91. The highest BCUT2D eigenvalue weighted by atomic mass is 16.6. The molecule has 3 rings (SSSR count). The highest BCUT2D eigenvalue weighted by Crippen LogP contribution is 2.51. The summed E-state index contributed by atoms with van der Waals surface area (Å²) in [6.45, 7) is 8.42. The van der Waals surface area contributed by atoms with E-state index in [2.05, 4.69) is 0 Å². The van der Waals surface area contributed by atoms with Crippen LogP contribution >= 0.6 is 0 Å². The summed E-state index contributed by atoms with van der Waals surface area (Å²) in [6.07, 6.45) is 1.61. The fraction of sp³-hybridized carbons (Fsp3) is 0.462. The average molecular weight is 409 g/mol. The lowest BCUT2D eigenvalue weighted by molar-refractivity contribution is -0.165. The number of aryl methyl sites for hydroxylation is 1. The van der Waals surface area contributed by atoms with Gasteiger partial charge in [0.1, 0.15) is 11.5 Å². The molecule has 1 saturated carbocycles. The highest BCUT2D eigenvalue weighted by Gasteiger charge is 2.56. The third-order valence-electron chi connectivity index (χ3n) is 6.17. The SMILES string of the molecule is Cc1ccc(C(=O)OC2CCCC2(C(=O)OCC(C)C)C(C)c2ccccc2)cc1. The Morgan fingerprint density at radius 1 is 1.03 bits per heavy atom. The summed E-state index contributed by atoms with van der Waals surface area (Å²) in [7, 11) is 0. The summed E-state index contributed by atoms with van der Waals surface area (Å²) in [4.78, 5) is 26.3. The van der Waals surface area contributed by atoms with Crippen LogP contribution < -0.4 is 0 Å². The van der Waals surface area contributed by atoms with Crippen LogP contribution in [-0.2, 0) is 14.3 Å². The number of hydrogen-bond acceptors (Lipinski definition) is 4. The van der Waals surface area contributed by atoms with Gasteiger partial charge in [-0.05, 0) is 49.8 Å². The van der Waals surface area contributed by atoms with E-state index in [0.717, 1.165) is 17.5 Å². The van der Waals surface area contributed by atoms with Gasteiger partial charge < -0.3 is 9.47 Å².